The molecule has 4 rings (SSSR count). The van der Waals surface area contributed by atoms with Crippen LogP contribution in [-0.4, -0.2) is 23.0 Å². The Kier molecular flexibility index (Phi) is 4.35. The van der Waals surface area contributed by atoms with Crippen LogP contribution in [0.3, 0.4) is 0 Å². The second kappa shape index (κ2) is 6.96. The van der Waals surface area contributed by atoms with Gasteiger partial charge in [0.2, 0.25) is 0 Å². The van der Waals surface area contributed by atoms with E-state index in [1.54, 1.807) is 11.1 Å². The summed E-state index contributed by atoms with van der Waals surface area (Å²) in [6.07, 6.45) is 1.79. The van der Waals surface area contributed by atoms with Crippen LogP contribution in [0.5, 0.6) is 0 Å². The maximum absolute atomic E-state index is 13.0. The van der Waals surface area contributed by atoms with Crippen LogP contribution >= 0.6 is 0 Å². The molecule has 5 nitrogen and oxygen atoms in total. The highest BCUT2D eigenvalue weighted by molar-refractivity contribution is 5.98. The van der Waals surface area contributed by atoms with Crippen LogP contribution < -0.4 is 4.90 Å². The number of rotatable bonds is 4. The number of nitrogens with zero attached hydrogens (tertiary/aromatic N) is 2. The number of para-hydroxylation sites is 2. The van der Waals surface area contributed by atoms with Gasteiger partial charge in [0, 0.05) is 30.1 Å². The average Bonchev–Trinajstić information content (AvgIpc) is 3.12. The van der Waals surface area contributed by atoms with Crippen molar-refractivity contribution < 1.29 is 14.3 Å². The molecule has 2 aromatic carbocycles. The first-order chi connectivity index (χ1) is 12.7. The molecule has 26 heavy (non-hydrogen) atoms. The number of anilines is 1. The quantitative estimate of drug-likeness (QED) is 0.679. The molecule has 0 unspecified atom stereocenters. The van der Waals surface area contributed by atoms with Gasteiger partial charge in [-0.3, -0.25) is 14.6 Å². The first-order valence-electron chi connectivity index (χ1n) is 8.60. The van der Waals surface area contributed by atoms with E-state index in [2.05, 4.69) is 4.98 Å². The third-order valence-electron chi connectivity index (χ3n) is 4.48. The van der Waals surface area contributed by atoms with Gasteiger partial charge in [-0.05, 0) is 29.8 Å². The maximum atomic E-state index is 13.0. The summed E-state index contributed by atoms with van der Waals surface area (Å²) in [6.45, 7) is 0.370. The number of ether oxygens (including phenoxy) is 1. The molecule has 0 N–H and O–H groups in total. The number of hydrogen-bond donors (Lipinski definition) is 0. The van der Waals surface area contributed by atoms with E-state index < -0.39 is 6.10 Å². The number of carbonyl (C=O) groups is 2. The topological polar surface area (TPSA) is 59.5 Å². The minimum atomic E-state index is -0.712. The summed E-state index contributed by atoms with van der Waals surface area (Å²) in [5.41, 5.74) is 2.61. The molecule has 3 aromatic rings. The van der Waals surface area contributed by atoms with Gasteiger partial charge in [0.25, 0.3) is 5.91 Å². The number of pyridine rings is 1. The Morgan fingerprint density at radius 2 is 1.88 bits per heavy atom. The Bertz CT molecular complexity index is 956. The van der Waals surface area contributed by atoms with Gasteiger partial charge in [-0.15, -0.1) is 0 Å². The Labute approximate surface area is 151 Å². The zero-order valence-corrected chi connectivity index (χ0v) is 14.2. The van der Waals surface area contributed by atoms with Gasteiger partial charge in [0.05, 0.1) is 12.1 Å². The summed E-state index contributed by atoms with van der Waals surface area (Å²) in [5.74, 6) is -0.515. The lowest BCUT2D eigenvalue weighted by Gasteiger charge is -2.25. The number of cyclic esters (lactones) is 1. The third-order valence-corrected chi connectivity index (χ3v) is 4.48. The fraction of sp³-hybridized carbons (Fsp3) is 0.190. The second-order valence-corrected chi connectivity index (χ2v) is 6.31. The summed E-state index contributed by atoms with van der Waals surface area (Å²) in [4.78, 5) is 30.5. The van der Waals surface area contributed by atoms with Crippen molar-refractivity contribution in [3.8, 4) is 0 Å². The SMILES string of the molecule is O=C1CC[C@@H](C(=O)N(Cc2cnc3ccccc3c2)c2ccccc2)O1. The van der Waals surface area contributed by atoms with Crippen molar-refractivity contribution in [3.63, 3.8) is 0 Å². The molecule has 0 spiro atoms. The van der Waals surface area contributed by atoms with E-state index >= 15 is 0 Å². The lowest BCUT2D eigenvalue weighted by atomic mass is 10.1. The van der Waals surface area contributed by atoms with Gasteiger partial charge in [0.1, 0.15) is 0 Å². The van der Waals surface area contributed by atoms with Crippen molar-refractivity contribution in [2.24, 2.45) is 0 Å². The molecule has 1 aliphatic heterocycles. The number of fused-ring (bicyclic) bond motifs is 1. The van der Waals surface area contributed by atoms with Crippen LogP contribution in [-0.2, 0) is 20.9 Å². The van der Waals surface area contributed by atoms with Crippen molar-refractivity contribution in [1.82, 2.24) is 4.98 Å². The molecular weight excluding hydrogens is 328 g/mol. The lowest BCUT2D eigenvalue weighted by molar-refractivity contribution is -0.147. The molecule has 2 heterocycles. The lowest BCUT2D eigenvalue weighted by Crippen LogP contribution is -2.38. The Morgan fingerprint density at radius 3 is 2.65 bits per heavy atom. The molecule has 1 aliphatic rings. The maximum Gasteiger partial charge on any atom is 0.306 e. The van der Waals surface area contributed by atoms with Crippen LogP contribution in [0.2, 0.25) is 0 Å². The van der Waals surface area contributed by atoms with E-state index in [1.807, 2.05) is 60.7 Å². The van der Waals surface area contributed by atoms with E-state index in [4.69, 9.17) is 4.74 Å². The van der Waals surface area contributed by atoms with Crippen molar-refractivity contribution in [2.45, 2.75) is 25.5 Å². The predicted octanol–water partition coefficient (Wildman–Crippen LogP) is 3.47. The molecule has 1 saturated heterocycles. The van der Waals surface area contributed by atoms with Crippen LogP contribution in [0, 0.1) is 0 Å². The number of benzene rings is 2. The molecule has 1 atom stereocenters. The van der Waals surface area contributed by atoms with Gasteiger partial charge < -0.3 is 9.64 Å². The van der Waals surface area contributed by atoms with Gasteiger partial charge in [0.15, 0.2) is 6.10 Å². The highest BCUT2D eigenvalue weighted by atomic mass is 16.6. The molecule has 5 heteroatoms. The monoisotopic (exact) mass is 346 g/mol. The average molecular weight is 346 g/mol. The van der Waals surface area contributed by atoms with Gasteiger partial charge in [-0.1, -0.05) is 36.4 Å². The largest absolute Gasteiger partial charge is 0.452 e. The molecule has 0 radical (unpaired) electrons. The Balaban J connectivity index is 1.65. The molecule has 1 aromatic heterocycles. The zero-order chi connectivity index (χ0) is 17.9. The molecule has 0 saturated carbocycles. The van der Waals surface area contributed by atoms with Gasteiger partial charge >= 0.3 is 5.97 Å². The Morgan fingerprint density at radius 1 is 1.12 bits per heavy atom. The molecule has 1 fully saturated rings. The summed E-state index contributed by atoms with van der Waals surface area (Å²) < 4.78 is 5.19. The smallest absolute Gasteiger partial charge is 0.306 e. The zero-order valence-electron chi connectivity index (χ0n) is 14.2. The standard InChI is InChI=1S/C21H18N2O3/c24-20-11-10-19(26-20)21(25)23(17-7-2-1-3-8-17)14-15-12-16-6-4-5-9-18(16)22-13-15/h1-9,12-13,19H,10-11,14H2/t19-/m0/s1. The Hall–Kier alpha value is -3.21. The number of hydrogen-bond acceptors (Lipinski definition) is 4. The number of esters is 1. The summed E-state index contributed by atoms with van der Waals surface area (Å²) in [6, 6.07) is 19.3. The van der Waals surface area contributed by atoms with Crippen molar-refractivity contribution in [1.29, 1.82) is 0 Å². The fourth-order valence-electron chi connectivity index (χ4n) is 3.16. The van der Waals surface area contributed by atoms with Crippen molar-refractivity contribution in [2.75, 3.05) is 4.90 Å². The van der Waals surface area contributed by atoms with Gasteiger partial charge in [-0.25, -0.2) is 0 Å². The first kappa shape index (κ1) is 16.3. The summed E-state index contributed by atoms with van der Waals surface area (Å²) in [5, 5.41) is 1.03. The van der Waals surface area contributed by atoms with Crippen LogP contribution in [0.25, 0.3) is 10.9 Å². The predicted molar refractivity (Wildman–Crippen MR) is 98.5 cm³/mol. The second-order valence-electron chi connectivity index (χ2n) is 6.31. The summed E-state index contributed by atoms with van der Waals surface area (Å²) >= 11 is 0. The number of carbonyl (C=O) groups excluding carboxylic acids is 2. The van der Waals surface area contributed by atoms with E-state index in [0.717, 1.165) is 22.2 Å². The van der Waals surface area contributed by atoms with Crippen molar-refractivity contribution in [3.05, 3.63) is 72.4 Å². The van der Waals surface area contributed by atoms with Crippen LogP contribution in [0.15, 0.2) is 66.9 Å². The third kappa shape index (κ3) is 3.28. The van der Waals surface area contributed by atoms with Crippen molar-refractivity contribution >= 4 is 28.5 Å². The molecule has 0 aliphatic carbocycles. The van der Waals surface area contributed by atoms with E-state index in [-0.39, 0.29) is 18.3 Å². The molecule has 130 valence electrons. The first-order valence-corrected chi connectivity index (χ1v) is 8.60. The molecular formula is C21H18N2O3. The number of amides is 1. The fourth-order valence-corrected chi connectivity index (χ4v) is 3.16. The van der Waals surface area contributed by atoms with Gasteiger partial charge in [-0.2, -0.15) is 0 Å². The van der Waals surface area contributed by atoms with Crippen LogP contribution in [0.4, 0.5) is 5.69 Å². The minimum absolute atomic E-state index is 0.199. The summed E-state index contributed by atoms with van der Waals surface area (Å²) in [7, 11) is 0. The van der Waals surface area contributed by atoms with E-state index in [1.165, 1.54) is 0 Å². The highest BCUT2D eigenvalue weighted by Crippen LogP contribution is 2.24. The minimum Gasteiger partial charge on any atom is -0.452 e. The number of aromatic nitrogens is 1. The van der Waals surface area contributed by atoms with E-state index in [0.29, 0.717) is 13.0 Å². The normalized spacial score (nSPS) is 16.5. The molecule has 1 amide bonds. The molecule has 0 bridgehead atoms. The van der Waals surface area contributed by atoms with Crippen LogP contribution in [0.1, 0.15) is 18.4 Å². The highest BCUT2D eigenvalue weighted by Gasteiger charge is 2.33. The van der Waals surface area contributed by atoms with E-state index in [9.17, 15) is 9.59 Å².